The molecule has 1 aromatic rings. The highest BCUT2D eigenvalue weighted by atomic mass is 16.5. The van der Waals surface area contributed by atoms with E-state index in [1.54, 1.807) is 31.3 Å². The molecule has 2 rings (SSSR count). The van der Waals surface area contributed by atoms with Gasteiger partial charge < -0.3 is 29.9 Å². The van der Waals surface area contributed by atoms with Gasteiger partial charge in [0.2, 0.25) is 5.91 Å². The van der Waals surface area contributed by atoms with Gasteiger partial charge in [0.05, 0.1) is 39.9 Å². The summed E-state index contributed by atoms with van der Waals surface area (Å²) in [6.45, 7) is 8.64. The van der Waals surface area contributed by atoms with E-state index in [-0.39, 0.29) is 24.4 Å². The van der Waals surface area contributed by atoms with Crippen LogP contribution in [0.25, 0.3) is 0 Å². The number of nitrogens with one attached hydrogen (secondary N) is 3. The molecule has 0 radical (unpaired) electrons. The fraction of sp³-hybridized carbons (Fsp3) is 0.600. The summed E-state index contributed by atoms with van der Waals surface area (Å²) in [5.41, 5.74) is 0.731. The van der Waals surface area contributed by atoms with Gasteiger partial charge in [-0.15, -0.1) is 0 Å². The minimum atomic E-state index is -0.221. The lowest BCUT2D eigenvalue weighted by atomic mass is 10.2. The van der Waals surface area contributed by atoms with Crippen molar-refractivity contribution >= 4 is 17.6 Å². The predicted octanol–water partition coefficient (Wildman–Crippen LogP) is 0.423. The number of ether oxygens (including phenoxy) is 2. The zero-order chi connectivity index (χ0) is 20.5. The molecule has 0 bridgehead atoms. The summed E-state index contributed by atoms with van der Waals surface area (Å²) in [4.78, 5) is 27.7. The molecule has 1 atom stereocenters. The van der Waals surface area contributed by atoms with Crippen LogP contribution in [0.3, 0.4) is 0 Å². The Hall–Kier alpha value is -2.48. The quantitative estimate of drug-likeness (QED) is 0.503. The van der Waals surface area contributed by atoms with Gasteiger partial charge in [-0.1, -0.05) is 0 Å². The Labute approximate surface area is 167 Å². The largest absolute Gasteiger partial charge is 0.493 e. The second kappa shape index (κ2) is 10.8. The molecule has 156 valence electrons. The Morgan fingerprint density at radius 1 is 1.21 bits per heavy atom. The first-order valence-electron chi connectivity index (χ1n) is 9.92. The van der Waals surface area contributed by atoms with E-state index in [2.05, 4.69) is 24.5 Å². The van der Waals surface area contributed by atoms with E-state index in [4.69, 9.17) is 9.47 Å². The van der Waals surface area contributed by atoms with Gasteiger partial charge in [-0.05, 0) is 26.0 Å². The van der Waals surface area contributed by atoms with E-state index in [0.29, 0.717) is 24.6 Å². The predicted molar refractivity (Wildman–Crippen MR) is 108 cm³/mol. The Kier molecular flexibility index (Phi) is 8.38. The number of urea groups is 1. The molecule has 0 unspecified atom stereocenters. The zero-order valence-electron chi connectivity index (χ0n) is 17.3. The molecular formula is C20H33N4O4+. The summed E-state index contributed by atoms with van der Waals surface area (Å²) in [5.74, 6) is 1.15. The maximum absolute atomic E-state index is 12.4. The molecule has 1 saturated heterocycles. The third-order valence-electron chi connectivity index (χ3n) is 5.13. The van der Waals surface area contributed by atoms with Crippen LogP contribution in [0, 0.1) is 0 Å². The summed E-state index contributed by atoms with van der Waals surface area (Å²) in [6, 6.07) is 4.93. The first-order valence-corrected chi connectivity index (χ1v) is 9.92. The molecule has 1 heterocycles. The Bertz CT molecular complexity index is 664. The second-order valence-corrected chi connectivity index (χ2v) is 6.91. The molecule has 1 aromatic carbocycles. The maximum Gasteiger partial charge on any atom is 0.315 e. The lowest BCUT2D eigenvalue weighted by molar-refractivity contribution is -0.896. The van der Waals surface area contributed by atoms with Gasteiger partial charge in [-0.3, -0.25) is 4.79 Å². The standard InChI is InChI=1S/C20H32N4O4/c1-5-23(6-2)11-7-10-21-20(26)22-15-12-19(25)24(14-15)16-8-9-17(27-3)18(13-16)28-4/h8-9,13,15H,5-7,10-12,14H2,1-4H3,(H2,21,22,26)/p+1/t15-/m0/s1. The van der Waals surface area contributed by atoms with Crippen LogP contribution in [0.15, 0.2) is 18.2 Å². The van der Waals surface area contributed by atoms with Gasteiger partial charge in [-0.25, -0.2) is 4.79 Å². The Morgan fingerprint density at radius 3 is 2.57 bits per heavy atom. The maximum atomic E-state index is 12.4. The van der Waals surface area contributed by atoms with E-state index in [9.17, 15) is 9.59 Å². The molecule has 3 N–H and O–H groups in total. The first kappa shape index (κ1) is 21.8. The number of methoxy groups -OCH3 is 2. The summed E-state index contributed by atoms with van der Waals surface area (Å²) < 4.78 is 10.5. The highest BCUT2D eigenvalue weighted by Gasteiger charge is 2.32. The normalized spacial score (nSPS) is 16.4. The number of quaternary nitrogens is 1. The molecular weight excluding hydrogens is 360 g/mol. The first-order chi connectivity index (χ1) is 13.5. The van der Waals surface area contributed by atoms with Gasteiger partial charge in [0.15, 0.2) is 11.5 Å². The van der Waals surface area contributed by atoms with Gasteiger partial charge in [0, 0.05) is 37.7 Å². The minimum Gasteiger partial charge on any atom is -0.493 e. The van der Waals surface area contributed by atoms with Crippen molar-refractivity contribution in [3.8, 4) is 11.5 Å². The SMILES string of the molecule is CC[NH+](CC)CCCNC(=O)N[C@H]1CC(=O)N(c2ccc(OC)c(OC)c2)C1. The highest BCUT2D eigenvalue weighted by molar-refractivity contribution is 5.97. The Morgan fingerprint density at radius 2 is 1.93 bits per heavy atom. The number of benzene rings is 1. The molecule has 1 aliphatic heterocycles. The summed E-state index contributed by atoms with van der Waals surface area (Å²) in [7, 11) is 3.13. The van der Waals surface area contributed by atoms with Crippen molar-refractivity contribution in [2.24, 2.45) is 0 Å². The van der Waals surface area contributed by atoms with E-state index < -0.39 is 0 Å². The molecule has 0 aromatic heterocycles. The van der Waals surface area contributed by atoms with Gasteiger partial charge in [0.1, 0.15) is 0 Å². The van der Waals surface area contributed by atoms with Crippen molar-refractivity contribution in [3.05, 3.63) is 18.2 Å². The monoisotopic (exact) mass is 393 g/mol. The van der Waals surface area contributed by atoms with Crippen LogP contribution in [-0.2, 0) is 4.79 Å². The third-order valence-corrected chi connectivity index (χ3v) is 5.13. The molecule has 1 fully saturated rings. The summed E-state index contributed by atoms with van der Waals surface area (Å²) in [6.07, 6.45) is 1.22. The lowest BCUT2D eigenvalue weighted by Gasteiger charge is -2.19. The number of carbonyl (C=O) groups is 2. The second-order valence-electron chi connectivity index (χ2n) is 6.91. The van der Waals surface area contributed by atoms with E-state index in [1.165, 1.54) is 4.90 Å². The van der Waals surface area contributed by atoms with Crippen molar-refractivity contribution in [2.75, 3.05) is 51.8 Å². The van der Waals surface area contributed by atoms with E-state index in [0.717, 1.165) is 31.7 Å². The van der Waals surface area contributed by atoms with Crippen molar-refractivity contribution in [1.29, 1.82) is 0 Å². The van der Waals surface area contributed by atoms with Crippen molar-refractivity contribution in [3.63, 3.8) is 0 Å². The molecule has 3 amide bonds. The van der Waals surface area contributed by atoms with Crippen LogP contribution in [0.4, 0.5) is 10.5 Å². The molecule has 8 heteroatoms. The van der Waals surface area contributed by atoms with Crippen LogP contribution < -0.4 is 29.9 Å². The van der Waals surface area contributed by atoms with Gasteiger partial charge in [-0.2, -0.15) is 0 Å². The number of carbonyl (C=O) groups excluding carboxylic acids is 2. The zero-order valence-corrected chi connectivity index (χ0v) is 17.3. The Balaban J connectivity index is 1.83. The molecule has 0 saturated carbocycles. The molecule has 28 heavy (non-hydrogen) atoms. The average molecular weight is 394 g/mol. The van der Waals surface area contributed by atoms with Crippen LogP contribution in [0.2, 0.25) is 0 Å². The number of amides is 3. The average Bonchev–Trinajstić information content (AvgIpc) is 3.07. The van der Waals surface area contributed by atoms with Crippen LogP contribution in [0.5, 0.6) is 11.5 Å². The number of nitrogens with zero attached hydrogens (tertiary/aromatic N) is 1. The fourth-order valence-corrected chi connectivity index (χ4v) is 3.43. The third kappa shape index (κ3) is 5.76. The molecule has 0 spiro atoms. The number of anilines is 1. The molecule has 8 nitrogen and oxygen atoms in total. The topological polar surface area (TPSA) is 84.3 Å². The van der Waals surface area contributed by atoms with Crippen LogP contribution in [0.1, 0.15) is 26.7 Å². The molecule has 0 aliphatic carbocycles. The summed E-state index contributed by atoms with van der Waals surface area (Å²) in [5, 5.41) is 5.79. The van der Waals surface area contributed by atoms with E-state index in [1.807, 2.05) is 6.07 Å². The smallest absolute Gasteiger partial charge is 0.315 e. The minimum absolute atomic E-state index is 0.0253. The van der Waals surface area contributed by atoms with Gasteiger partial charge in [0.25, 0.3) is 0 Å². The van der Waals surface area contributed by atoms with Crippen molar-refractivity contribution in [2.45, 2.75) is 32.7 Å². The van der Waals surface area contributed by atoms with E-state index >= 15 is 0 Å². The fourth-order valence-electron chi connectivity index (χ4n) is 3.43. The van der Waals surface area contributed by atoms with Crippen molar-refractivity contribution < 1.29 is 24.0 Å². The number of hydrogen-bond acceptors (Lipinski definition) is 4. The summed E-state index contributed by atoms with van der Waals surface area (Å²) >= 11 is 0. The number of hydrogen-bond donors (Lipinski definition) is 3. The van der Waals surface area contributed by atoms with Gasteiger partial charge >= 0.3 is 6.03 Å². The molecule has 1 aliphatic rings. The highest BCUT2D eigenvalue weighted by Crippen LogP contribution is 2.33. The van der Waals surface area contributed by atoms with Crippen molar-refractivity contribution in [1.82, 2.24) is 10.6 Å². The number of rotatable bonds is 10. The lowest BCUT2D eigenvalue weighted by Crippen LogP contribution is -3.11. The van der Waals surface area contributed by atoms with Crippen LogP contribution >= 0.6 is 0 Å². The van der Waals surface area contributed by atoms with Crippen LogP contribution in [-0.4, -0.2) is 64.9 Å².